The van der Waals surface area contributed by atoms with Gasteiger partial charge in [0.1, 0.15) is 14.5 Å². The summed E-state index contributed by atoms with van der Waals surface area (Å²) in [5.74, 6) is -3.40. The van der Waals surface area contributed by atoms with Crippen molar-refractivity contribution in [1.82, 2.24) is 10.0 Å². The van der Waals surface area contributed by atoms with Crippen LogP contribution < -0.4 is 10.0 Å². The number of fused-ring (bicyclic) bond motifs is 1. The highest BCUT2D eigenvalue weighted by atomic mass is 32.3. The van der Waals surface area contributed by atoms with Gasteiger partial charge in [0, 0.05) is 11.6 Å². The third kappa shape index (κ3) is 6.13. The lowest BCUT2D eigenvalue weighted by molar-refractivity contribution is -0.174. The first-order valence-corrected chi connectivity index (χ1v) is 14.2. The Morgan fingerprint density at radius 1 is 1.18 bits per heavy atom. The molecule has 1 amide bonds. The number of carbonyl (C=O) groups excluding carboxylic acids is 3. The number of esters is 2. The molecule has 0 spiro atoms. The van der Waals surface area contributed by atoms with E-state index in [1.54, 1.807) is 11.6 Å². The molecule has 3 N–H and O–H groups in total. The van der Waals surface area contributed by atoms with E-state index < -0.39 is 61.3 Å². The van der Waals surface area contributed by atoms with Crippen LogP contribution in [0.3, 0.4) is 0 Å². The van der Waals surface area contributed by atoms with Crippen LogP contribution in [-0.2, 0) is 43.7 Å². The average molecular weight is 541 g/mol. The molecule has 12 nitrogen and oxygen atoms in total. The Kier molecular flexibility index (Phi) is 8.85. The van der Waals surface area contributed by atoms with Crippen molar-refractivity contribution < 1.29 is 45.8 Å². The second-order valence-corrected chi connectivity index (χ2v) is 13.3. The summed E-state index contributed by atoms with van der Waals surface area (Å²) < 4.78 is 61.8. The van der Waals surface area contributed by atoms with Gasteiger partial charge in [-0.2, -0.15) is 0 Å². The molecular formula is C19H28N2O10S3. The van der Waals surface area contributed by atoms with E-state index in [2.05, 4.69) is 10.1 Å². The largest absolute Gasteiger partial charge is 0.450 e. The standard InChI is InChI=1S/C19H28N2O10S3/c1-6-20-14-7-9(2)33(26,27)19-13(14)8-15(32-19)34(28,29)21-16(23)11(4)30-18(25)12(5)31-17(24)10(3)22/h8-12,14,20,22H,6-7H2,1-5H3,(H,21,23)/t9-,10?,11?,12?,14-/m0/s1. The predicted molar refractivity (Wildman–Crippen MR) is 120 cm³/mol. The maximum Gasteiger partial charge on any atom is 0.347 e. The topological polar surface area (TPSA) is 182 Å². The molecule has 1 aromatic heterocycles. The van der Waals surface area contributed by atoms with Crippen LogP contribution in [0.5, 0.6) is 0 Å². The maximum absolute atomic E-state index is 12.8. The fourth-order valence-corrected chi connectivity index (χ4v) is 8.12. The zero-order chi connectivity index (χ0) is 26.0. The van der Waals surface area contributed by atoms with E-state index in [1.165, 1.54) is 6.07 Å². The summed E-state index contributed by atoms with van der Waals surface area (Å²) in [5.41, 5.74) is 0.325. The molecule has 15 heteroatoms. The van der Waals surface area contributed by atoms with E-state index in [-0.39, 0.29) is 20.9 Å². The molecule has 1 aromatic rings. The summed E-state index contributed by atoms with van der Waals surface area (Å²) in [7, 11) is -8.20. The zero-order valence-electron chi connectivity index (χ0n) is 19.2. The Morgan fingerprint density at radius 2 is 1.76 bits per heavy atom. The summed E-state index contributed by atoms with van der Waals surface area (Å²) >= 11 is 0.545. The van der Waals surface area contributed by atoms with Crippen molar-refractivity contribution in [2.45, 2.75) is 79.1 Å². The number of aliphatic hydroxyl groups is 1. The van der Waals surface area contributed by atoms with Crippen LogP contribution in [0.25, 0.3) is 0 Å². The van der Waals surface area contributed by atoms with Gasteiger partial charge in [-0.25, -0.2) is 31.1 Å². The zero-order valence-corrected chi connectivity index (χ0v) is 21.7. The van der Waals surface area contributed by atoms with Crippen molar-refractivity contribution >= 4 is 49.0 Å². The summed E-state index contributed by atoms with van der Waals surface area (Å²) in [6.07, 6.45) is -4.23. The monoisotopic (exact) mass is 540 g/mol. The normalized spacial score (nSPS) is 22.1. The molecule has 0 saturated heterocycles. The molecule has 34 heavy (non-hydrogen) atoms. The summed E-state index contributed by atoms with van der Waals surface area (Å²) in [6.45, 7) is 7.33. The van der Waals surface area contributed by atoms with Crippen molar-refractivity contribution in [2.24, 2.45) is 0 Å². The molecule has 0 saturated carbocycles. The summed E-state index contributed by atoms with van der Waals surface area (Å²) in [5, 5.41) is 11.5. The van der Waals surface area contributed by atoms with Crippen LogP contribution >= 0.6 is 11.3 Å². The first-order valence-electron chi connectivity index (χ1n) is 10.4. The Labute approximate surface area is 202 Å². The number of nitrogens with one attached hydrogen (secondary N) is 2. The van der Waals surface area contributed by atoms with Gasteiger partial charge in [0.25, 0.3) is 15.9 Å². The molecule has 0 radical (unpaired) electrons. The molecule has 1 aliphatic rings. The molecule has 0 fully saturated rings. The lowest BCUT2D eigenvalue weighted by Crippen LogP contribution is -2.41. The minimum Gasteiger partial charge on any atom is -0.450 e. The average Bonchev–Trinajstić information content (AvgIpc) is 3.19. The lowest BCUT2D eigenvalue weighted by Gasteiger charge is -2.27. The van der Waals surface area contributed by atoms with Gasteiger partial charge in [-0.05, 0) is 46.7 Å². The first-order chi connectivity index (χ1) is 15.6. The number of sulfone groups is 1. The number of hydrogen-bond donors (Lipinski definition) is 3. The number of hydrogen-bond acceptors (Lipinski definition) is 12. The number of ether oxygens (including phenoxy) is 2. The lowest BCUT2D eigenvalue weighted by atomic mass is 10.1. The molecule has 2 heterocycles. The Hall–Kier alpha value is -2.07. The quantitative estimate of drug-likeness (QED) is 0.359. The van der Waals surface area contributed by atoms with Crippen molar-refractivity contribution in [3.05, 3.63) is 11.6 Å². The number of sulfonamides is 1. The van der Waals surface area contributed by atoms with Gasteiger partial charge in [-0.3, -0.25) is 4.79 Å². The molecule has 5 atom stereocenters. The first kappa shape index (κ1) is 28.2. The number of rotatable bonds is 9. The number of amides is 1. The second kappa shape index (κ2) is 10.7. The van der Waals surface area contributed by atoms with Crippen LogP contribution in [0, 0.1) is 0 Å². The molecule has 0 aliphatic carbocycles. The van der Waals surface area contributed by atoms with Gasteiger partial charge in [0.15, 0.2) is 22.0 Å². The third-order valence-corrected chi connectivity index (χ3v) is 10.7. The fourth-order valence-electron chi connectivity index (χ4n) is 3.08. The van der Waals surface area contributed by atoms with Crippen LogP contribution in [0.2, 0.25) is 0 Å². The molecular weight excluding hydrogens is 512 g/mol. The number of thiophene rings is 1. The van der Waals surface area contributed by atoms with Crippen LogP contribution in [0.15, 0.2) is 14.5 Å². The highest BCUT2D eigenvalue weighted by Crippen LogP contribution is 2.42. The maximum atomic E-state index is 12.8. The molecule has 0 aromatic carbocycles. The van der Waals surface area contributed by atoms with E-state index in [4.69, 9.17) is 9.84 Å². The Bertz CT molecular complexity index is 1160. The van der Waals surface area contributed by atoms with Gasteiger partial charge in [0.2, 0.25) is 0 Å². The third-order valence-electron chi connectivity index (χ3n) is 5.01. The molecule has 0 bridgehead atoms. The van der Waals surface area contributed by atoms with Gasteiger partial charge in [-0.15, -0.1) is 11.3 Å². The molecule has 3 unspecified atom stereocenters. The van der Waals surface area contributed by atoms with E-state index in [9.17, 15) is 31.2 Å². The van der Waals surface area contributed by atoms with Crippen molar-refractivity contribution in [1.29, 1.82) is 0 Å². The van der Waals surface area contributed by atoms with Crippen molar-refractivity contribution in [3.63, 3.8) is 0 Å². The van der Waals surface area contributed by atoms with Gasteiger partial charge < -0.3 is 19.9 Å². The number of carbonyl (C=O) groups is 3. The van der Waals surface area contributed by atoms with Crippen molar-refractivity contribution in [3.8, 4) is 0 Å². The molecule has 1 aliphatic heterocycles. The van der Waals surface area contributed by atoms with E-state index in [1.807, 2.05) is 6.92 Å². The second-order valence-electron chi connectivity index (χ2n) is 7.81. The Balaban J connectivity index is 2.17. The SMILES string of the molecule is CCN[C@H]1C[C@H](C)S(=O)(=O)c2sc(S(=O)(=O)NC(=O)C(C)OC(=O)C(C)OC(=O)C(C)O)cc21. The minimum absolute atomic E-state index is 0.0711. The highest BCUT2D eigenvalue weighted by molar-refractivity contribution is 7.95. The van der Waals surface area contributed by atoms with Crippen LogP contribution in [0.4, 0.5) is 0 Å². The van der Waals surface area contributed by atoms with Gasteiger partial charge >= 0.3 is 11.9 Å². The fraction of sp³-hybridized carbons (Fsp3) is 0.632. The number of aliphatic hydroxyl groups excluding tert-OH is 1. The molecule has 192 valence electrons. The van der Waals surface area contributed by atoms with Gasteiger partial charge in [-0.1, -0.05) is 6.92 Å². The predicted octanol–water partition coefficient (Wildman–Crippen LogP) is 0.0137. The smallest absolute Gasteiger partial charge is 0.347 e. The summed E-state index contributed by atoms with van der Waals surface area (Å²) in [6, 6.07) is 0.862. The summed E-state index contributed by atoms with van der Waals surface area (Å²) in [4.78, 5) is 35.7. The van der Waals surface area contributed by atoms with Gasteiger partial charge in [0.05, 0.1) is 5.25 Å². The molecule has 2 rings (SSSR count). The van der Waals surface area contributed by atoms with E-state index in [0.29, 0.717) is 23.4 Å². The van der Waals surface area contributed by atoms with Crippen molar-refractivity contribution in [2.75, 3.05) is 6.54 Å². The van der Waals surface area contributed by atoms with Crippen LogP contribution in [-0.4, -0.2) is 69.9 Å². The van der Waals surface area contributed by atoms with E-state index >= 15 is 0 Å². The Morgan fingerprint density at radius 3 is 2.32 bits per heavy atom. The van der Waals surface area contributed by atoms with E-state index in [0.717, 1.165) is 20.8 Å². The minimum atomic E-state index is -4.47. The van der Waals surface area contributed by atoms with Crippen LogP contribution in [0.1, 0.15) is 52.6 Å². The highest BCUT2D eigenvalue weighted by Gasteiger charge is 2.40.